The first-order valence-electron chi connectivity index (χ1n) is 5.38. The van der Waals surface area contributed by atoms with Gasteiger partial charge in [0.1, 0.15) is 0 Å². The van der Waals surface area contributed by atoms with Gasteiger partial charge in [0, 0.05) is 18.6 Å². The number of aliphatic hydroxyl groups is 1. The topological polar surface area (TPSA) is 49.5 Å². The van der Waals surface area contributed by atoms with Crippen molar-refractivity contribution < 1.29 is 5.11 Å². The van der Waals surface area contributed by atoms with Crippen molar-refractivity contribution in [1.29, 1.82) is 0 Å². The molecule has 0 heterocycles. The Bertz CT molecular complexity index is 137. The van der Waals surface area contributed by atoms with Gasteiger partial charge in [-0.2, -0.15) is 0 Å². The van der Waals surface area contributed by atoms with Crippen LogP contribution in [0.1, 0.15) is 32.6 Å². The lowest BCUT2D eigenvalue weighted by Gasteiger charge is -2.24. The number of aliphatic hydroxyl groups excluding tert-OH is 1. The van der Waals surface area contributed by atoms with Crippen molar-refractivity contribution >= 4 is 0 Å². The summed E-state index contributed by atoms with van der Waals surface area (Å²) in [6.45, 7) is 4.32. The van der Waals surface area contributed by atoms with Crippen LogP contribution in [0.25, 0.3) is 0 Å². The lowest BCUT2D eigenvalue weighted by atomic mass is 10.2. The van der Waals surface area contributed by atoms with E-state index in [9.17, 15) is 0 Å². The third-order valence-electron chi connectivity index (χ3n) is 2.57. The fourth-order valence-corrected chi connectivity index (χ4v) is 1.58. The molecule has 1 rings (SSSR count). The van der Waals surface area contributed by atoms with E-state index in [1.54, 1.807) is 0 Å². The minimum absolute atomic E-state index is 0.0579. The van der Waals surface area contributed by atoms with E-state index < -0.39 is 0 Å². The Labute approximate surface area is 80.9 Å². The molecule has 3 heteroatoms. The van der Waals surface area contributed by atoms with Crippen molar-refractivity contribution in [1.82, 2.24) is 4.90 Å². The summed E-state index contributed by atoms with van der Waals surface area (Å²) in [5, 5.41) is 8.86. The average Bonchev–Trinajstić information content (AvgIpc) is 2.94. The third-order valence-corrected chi connectivity index (χ3v) is 2.57. The molecule has 0 aromatic carbocycles. The van der Waals surface area contributed by atoms with Gasteiger partial charge in [0.15, 0.2) is 0 Å². The van der Waals surface area contributed by atoms with Crippen molar-refractivity contribution in [3.63, 3.8) is 0 Å². The number of hydrogen-bond acceptors (Lipinski definition) is 3. The molecule has 0 saturated heterocycles. The second-order valence-corrected chi connectivity index (χ2v) is 4.02. The summed E-state index contributed by atoms with van der Waals surface area (Å²) in [5.74, 6) is 0. The summed E-state index contributed by atoms with van der Waals surface area (Å²) in [6.07, 6.45) is 5.12. The summed E-state index contributed by atoms with van der Waals surface area (Å²) >= 11 is 0. The fourth-order valence-electron chi connectivity index (χ4n) is 1.58. The van der Waals surface area contributed by atoms with E-state index in [0.717, 1.165) is 19.1 Å². The standard InChI is InChI=1S/C10H22N2O/c1-2-3-6-12(10-4-5-10)7-9(11)8-13/h9-10,13H,2-8,11H2,1H3. The molecule has 3 nitrogen and oxygen atoms in total. The van der Waals surface area contributed by atoms with E-state index in [0.29, 0.717) is 0 Å². The van der Waals surface area contributed by atoms with Crippen LogP contribution in [-0.2, 0) is 0 Å². The lowest BCUT2D eigenvalue weighted by Crippen LogP contribution is -2.41. The molecule has 1 aliphatic rings. The maximum Gasteiger partial charge on any atom is 0.0595 e. The SMILES string of the molecule is CCCCN(CC(N)CO)C1CC1. The summed E-state index contributed by atoms with van der Waals surface area (Å²) in [6, 6.07) is 0.710. The molecule has 1 saturated carbocycles. The molecular formula is C10H22N2O. The number of rotatable bonds is 7. The smallest absolute Gasteiger partial charge is 0.0595 e. The Morgan fingerprint density at radius 1 is 1.54 bits per heavy atom. The van der Waals surface area contributed by atoms with Crippen LogP contribution in [0.3, 0.4) is 0 Å². The van der Waals surface area contributed by atoms with E-state index in [-0.39, 0.29) is 12.6 Å². The number of nitrogens with two attached hydrogens (primary N) is 1. The number of hydrogen-bond donors (Lipinski definition) is 2. The Morgan fingerprint density at radius 2 is 2.23 bits per heavy atom. The maximum absolute atomic E-state index is 8.86. The summed E-state index contributed by atoms with van der Waals surface area (Å²) < 4.78 is 0. The van der Waals surface area contributed by atoms with Crippen molar-refractivity contribution in [3.05, 3.63) is 0 Å². The molecule has 3 N–H and O–H groups in total. The molecular weight excluding hydrogens is 164 g/mol. The molecule has 13 heavy (non-hydrogen) atoms. The van der Waals surface area contributed by atoms with Gasteiger partial charge in [-0.1, -0.05) is 13.3 Å². The highest BCUT2D eigenvalue weighted by Gasteiger charge is 2.29. The van der Waals surface area contributed by atoms with E-state index in [1.165, 1.54) is 25.7 Å². The molecule has 0 aromatic rings. The monoisotopic (exact) mass is 186 g/mol. The molecule has 1 aliphatic carbocycles. The molecule has 1 fully saturated rings. The van der Waals surface area contributed by atoms with Crippen molar-refractivity contribution in [2.45, 2.75) is 44.7 Å². The van der Waals surface area contributed by atoms with Crippen LogP contribution in [0, 0.1) is 0 Å². The maximum atomic E-state index is 8.86. The van der Waals surface area contributed by atoms with Crippen LogP contribution < -0.4 is 5.73 Å². The van der Waals surface area contributed by atoms with Crippen molar-refractivity contribution in [2.75, 3.05) is 19.7 Å². The second kappa shape index (κ2) is 5.58. The van der Waals surface area contributed by atoms with Crippen LogP contribution in [-0.4, -0.2) is 41.8 Å². The van der Waals surface area contributed by atoms with Crippen LogP contribution in [0.4, 0.5) is 0 Å². The van der Waals surface area contributed by atoms with Gasteiger partial charge >= 0.3 is 0 Å². The minimum Gasteiger partial charge on any atom is -0.395 e. The molecule has 0 radical (unpaired) electrons. The quantitative estimate of drug-likeness (QED) is 0.611. The van der Waals surface area contributed by atoms with Gasteiger partial charge in [-0.15, -0.1) is 0 Å². The Kier molecular flexibility index (Phi) is 4.70. The fraction of sp³-hybridized carbons (Fsp3) is 1.00. The summed E-state index contributed by atoms with van der Waals surface area (Å²) in [5.41, 5.74) is 5.72. The van der Waals surface area contributed by atoms with Crippen LogP contribution in [0.5, 0.6) is 0 Å². The zero-order chi connectivity index (χ0) is 9.68. The van der Waals surface area contributed by atoms with Gasteiger partial charge in [0.25, 0.3) is 0 Å². The predicted molar refractivity (Wildman–Crippen MR) is 54.6 cm³/mol. The first kappa shape index (κ1) is 11.0. The Morgan fingerprint density at radius 3 is 2.69 bits per heavy atom. The molecule has 0 bridgehead atoms. The molecule has 0 aliphatic heterocycles. The Balaban J connectivity index is 2.20. The second-order valence-electron chi connectivity index (χ2n) is 4.02. The summed E-state index contributed by atoms with van der Waals surface area (Å²) in [7, 11) is 0. The molecule has 1 unspecified atom stereocenters. The molecule has 1 atom stereocenters. The lowest BCUT2D eigenvalue weighted by molar-refractivity contribution is 0.193. The van der Waals surface area contributed by atoms with Gasteiger partial charge < -0.3 is 10.8 Å². The van der Waals surface area contributed by atoms with Crippen LogP contribution >= 0.6 is 0 Å². The zero-order valence-electron chi connectivity index (χ0n) is 8.58. The normalized spacial score (nSPS) is 19.4. The van der Waals surface area contributed by atoms with Gasteiger partial charge in [0.05, 0.1) is 6.61 Å². The minimum atomic E-state index is -0.0579. The molecule has 0 amide bonds. The van der Waals surface area contributed by atoms with Crippen molar-refractivity contribution in [3.8, 4) is 0 Å². The number of nitrogens with zero attached hydrogens (tertiary/aromatic N) is 1. The van der Waals surface area contributed by atoms with Crippen molar-refractivity contribution in [2.24, 2.45) is 5.73 Å². The highest BCUT2D eigenvalue weighted by molar-refractivity contribution is 4.86. The van der Waals surface area contributed by atoms with E-state index in [1.807, 2.05) is 0 Å². The highest BCUT2D eigenvalue weighted by atomic mass is 16.3. The van der Waals surface area contributed by atoms with E-state index >= 15 is 0 Å². The van der Waals surface area contributed by atoms with Crippen LogP contribution in [0.15, 0.2) is 0 Å². The molecule has 78 valence electrons. The molecule has 0 aromatic heterocycles. The van der Waals surface area contributed by atoms with E-state index in [4.69, 9.17) is 10.8 Å². The van der Waals surface area contributed by atoms with Gasteiger partial charge in [-0.3, -0.25) is 4.90 Å². The molecule has 0 spiro atoms. The van der Waals surface area contributed by atoms with Crippen LogP contribution in [0.2, 0.25) is 0 Å². The average molecular weight is 186 g/mol. The Hall–Kier alpha value is -0.120. The first-order chi connectivity index (χ1) is 6.27. The van der Waals surface area contributed by atoms with Gasteiger partial charge in [0.2, 0.25) is 0 Å². The predicted octanol–water partition coefficient (Wildman–Crippen LogP) is 0.571. The largest absolute Gasteiger partial charge is 0.395 e. The van der Waals surface area contributed by atoms with Gasteiger partial charge in [-0.05, 0) is 25.8 Å². The third kappa shape index (κ3) is 4.07. The zero-order valence-corrected chi connectivity index (χ0v) is 8.58. The number of unbranched alkanes of at least 4 members (excludes halogenated alkanes) is 1. The summed E-state index contributed by atoms with van der Waals surface area (Å²) in [4.78, 5) is 2.43. The first-order valence-corrected chi connectivity index (χ1v) is 5.38. The van der Waals surface area contributed by atoms with E-state index in [2.05, 4.69) is 11.8 Å². The highest BCUT2D eigenvalue weighted by Crippen LogP contribution is 2.26. The van der Waals surface area contributed by atoms with Gasteiger partial charge in [-0.25, -0.2) is 0 Å².